The van der Waals surface area contributed by atoms with E-state index in [4.69, 9.17) is 0 Å². The van der Waals surface area contributed by atoms with Gasteiger partial charge in [0.1, 0.15) is 6.04 Å². The maximum Gasteiger partial charge on any atom is 0.244 e. The van der Waals surface area contributed by atoms with Crippen molar-refractivity contribution in [3.8, 4) is 0 Å². The van der Waals surface area contributed by atoms with Gasteiger partial charge in [0.05, 0.1) is 6.42 Å². The molecule has 0 aliphatic heterocycles. The Morgan fingerprint density at radius 3 is 2.50 bits per heavy atom. The van der Waals surface area contributed by atoms with Gasteiger partial charge in [0.2, 0.25) is 11.8 Å². The van der Waals surface area contributed by atoms with E-state index >= 15 is 0 Å². The van der Waals surface area contributed by atoms with Gasteiger partial charge in [-0.1, -0.05) is 34.1 Å². The summed E-state index contributed by atoms with van der Waals surface area (Å²) in [5, 5.41) is 2.69. The first-order valence-electron chi connectivity index (χ1n) is 5.65. The summed E-state index contributed by atoms with van der Waals surface area (Å²) < 4.78 is 0.895. The third kappa shape index (κ3) is 4.14. The molecule has 1 aromatic rings. The number of carbonyl (C=O) groups excluding carboxylic acids is 2. The van der Waals surface area contributed by atoms with Crippen LogP contribution in [0.4, 0.5) is 0 Å². The van der Waals surface area contributed by atoms with E-state index in [0.717, 1.165) is 10.0 Å². The first-order valence-corrected chi connectivity index (χ1v) is 6.45. The Bertz CT molecular complexity index is 446. The largest absolute Gasteiger partial charge is 0.347 e. The fraction of sp³-hybridized carbons (Fsp3) is 0.385. The number of carbonyl (C=O) groups is 2. The number of rotatable bonds is 4. The lowest BCUT2D eigenvalue weighted by Crippen LogP contribution is -2.44. The fourth-order valence-electron chi connectivity index (χ4n) is 1.56. The molecule has 0 saturated heterocycles. The van der Waals surface area contributed by atoms with Gasteiger partial charge in [-0.25, -0.2) is 0 Å². The Morgan fingerprint density at radius 1 is 1.33 bits per heavy atom. The number of amides is 2. The van der Waals surface area contributed by atoms with Crippen LogP contribution in [-0.2, 0) is 16.0 Å². The van der Waals surface area contributed by atoms with Crippen molar-refractivity contribution in [1.29, 1.82) is 0 Å². The third-order valence-corrected chi connectivity index (χ3v) is 3.27. The quantitative estimate of drug-likeness (QED) is 0.917. The number of hydrogen-bond donors (Lipinski definition) is 1. The number of benzene rings is 1. The monoisotopic (exact) mass is 312 g/mol. The molecule has 0 aromatic heterocycles. The topological polar surface area (TPSA) is 49.4 Å². The van der Waals surface area contributed by atoms with E-state index in [0.29, 0.717) is 0 Å². The maximum absolute atomic E-state index is 11.8. The summed E-state index contributed by atoms with van der Waals surface area (Å²) >= 11 is 3.39. The van der Waals surface area contributed by atoms with E-state index in [9.17, 15) is 9.59 Å². The van der Waals surface area contributed by atoms with Crippen molar-refractivity contribution in [2.75, 3.05) is 14.1 Å². The summed E-state index contributed by atoms with van der Waals surface area (Å²) in [6, 6.07) is 7.03. The van der Waals surface area contributed by atoms with E-state index in [1.165, 1.54) is 4.90 Å². The predicted molar refractivity (Wildman–Crippen MR) is 74.1 cm³/mol. The molecule has 0 heterocycles. The van der Waals surface area contributed by atoms with E-state index < -0.39 is 6.04 Å². The van der Waals surface area contributed by atoms with Crippen molar-refractivity contribution in [2.24, 2.45) is 0 Å². The Balaban J connectivity index is 2.58. The van der Waals surface area contributed by atoms with Crippen LogP contribution in [0.1, 0.15) is 12.5 Å². The lowest BCUT2D eigenvalue weighted by molar-refractivity contribution is -0.133. The lowest BCUT2D eigenvalue weighted by Gasteiger charge is -2.18. The number of halogens is 1. The summed E-state index contributed by atoms with van der Waals surface area (Å²) in [6.45, 7) is 1.68. The van der Waals surface area contributed by atoms with Crippen LogP contribution >= 0.6 is 15.9 Å². The molecule has 0 aliphatic rings. The standard InChI is InChI=1S/C13H17BrN2O2/c1-9(13(18)16(2)3)15-12(17)8-10-6-4-5-7-11(10)14/h4-7,9H,8H2,1-3H3,(H,15,17). The first-order chi connectivity index (χ1) is 8.41. The van der Waals surface area contributed by atoms with Gasteiger partial charge in [-0.15, -0.1) is 0 Å². The highest BCUT2D eigenvalue weighted by atomic mass is 79.9. The second-order valence-electron chi connectivity index (χ2n) is 4.29. The molecule has 18 heavy (non-hydrogen) atoms. The minimum absolute atomic E-state index is 0.115. The number of nitrogens with zero attached hydrogens (tertiary/aromatic N) is 1. The van der Waals surface area contributed by atoms with Crippen molar-refractivity contribution in [3.05, 3.63) is 34.3 Å². The molecule has 98 valence electrons. The molecule has 0 saturated carbocycles. The Hall–Kier alpha value is -1.36. The van der Waals surface area contributed by atoms with Gasteiger partial charge in [0.15, 0.2) is 0 Å². The average molecular weight is 313 g/mol. The van der Waals surface area contributed by atoms with Crippen LogP contribution < -0.4 is 5.32 Å². The van der Waals surface area contributed by atoms with E-state index in [2.05, 4.69) is 21.2 Å². The number of hydrogen-bond acceptors (Lipinski definition) is 2. The van der Waals surface area contributed by atoms with Gasteiger partial charge in [0, 0.05) is 18.6 Å². The van der Waals surface area contributed by atoms with Gasteiger partial charge in [0.25, 0.3) is 0 Å². The molecule has 1 aromatic carbocycles. The molecule has 1 rings (SSSR count). The van der Waals surface area contributed by atoms with Crippen LogP contribution in [0.25, 0.3) is 0 Å². The highest BCUT2D eigenvalue weighted by Crippen LogP contribution is 2.16. The Labute approximate surface area is 115 Å². The highest BCUT2D eigenvalue weighted by Gasteiger charge is 2.17. The van der Waals surface area contributed by atoms with Crippen molar-refractivity contribution >= 4 is 27.7 Å². The van der Waals surface area contributed by atoms with E-state index in [-0.39, 0.29) is 18.2 Å². The SMILES string of the molecule is CC(NC(=O)Cc1ccccc1Br)C(=O)N(C)C. The Kier molecular flexibility index (Phi) is 5.34. The van der Waals surface area contributed by atoms with Crippen LogP contribution in [0.2, 0.25) is 0 Å². The Morgan fingerprint density at radius 2 is 1.94 bits per heavy atom. The fourth-order valence-corrected chi connectivity index (χ4v) is 1.98. The first kappa shape index (κ1) is 14.7. The molecule has 4 nitrogen and oxygen atoms in total. The molecular weight excluding hydrogens is 296 g/mol. The minimum atomic E-state index is -0.505. The van der Waals surface area contributed by atoms with Crippen molar-refractivity contribution in [2.45, 2.75) is 19.4 Å². The summed E-state index contributed by atoms with van der Waals surface area (Å²) in [5.41, 5.74) is 0.902. The van der Waals surface area contributed by atoms with Gasteiger partial charge in [-0.3, -0.25) is 9.59 Å². The zero-order valence-corrected chi connectivity index (χ0v) is 12.3. The van der Waals surface area contributed by atoms with Crippen molar-refractivity contribution in [3.63, 3.8) is 0 Å². The third-order valence-electron chi connectivity index (χ3n) is 2.50. The molecule has 1 unspecified atom stereocenters. The zero-order valence-electron chi connectivity index (χ0n) is 10.7. The van der Waals surface area contributed by atoms with E-state index in [1.807, 2.05) is 24.3 Å². The lowest BCUT2D eigenvalue weighted by atomic mass is 10.1. The van der Waals surface area contributed by atoms with Gasteiger partial charge >= 0.3 is 0 Å². The molecule has 0 fully saturated rings. The average Bonchev–Trinajstić information content (AvgIpc) is 2.30. The summed E-state index contributed by atoms with van der Waals surface area (Å²) in [5.74, 6) is -0.278. The molecule has 0 aliphatic carbocycles. The van der Waals surface area contributed by atoms with Crippen LogP contribution in [0.3, 0.4) is 0 Å². The molecule has 0 bridgehead atoms. The molecule has 0 spiro atoms. The number of likely N-dealkylation sites (N-methyl/N-ethyl adjacent to an activating group) is 1. The van der Waals surface area contributed by atoms with Crippen LogP contribution in [0, 0.1) is 0 Å². The predicted octanol–water partition coefficient (Wildman–Crippen LogP) is 1.58. The van der Waals surface area contributed by atoms with Gasteiger partial charge < -0.3 is 10.2 Å². The van der Waals surface area contributed by atoms with Crippen LogP contribution in [0.15, 0.2) is 28.7 Å². The smallest absolute Gasteiger partial charge is 0.244 e. The summed E-state index contributed by atoms with van der Waals surface area (Å²) in [4.78, 5) is 24.9. The summed E-state index contributed by atoms with van der Waals surface area (Å²) in [7, 11) is 3.33. The van der Waals surface area contributed by atoms with Crippen LogP contribution in [-0.4, -0.2) is 36.9 Å². The molecule has 1 N–H and O–H groups in total. The number of nitrogens with one attached hydrogen (secondary N) is 1. The van der Waals surface area contributed by atoms with Crippen molar-refractivity contribution in [1.82, 2.24) is 10.2 Å². The normalized spacial score (nSPS) is 11.8. The van der Waals surface area contributed by atoms with Gasteiger partial charge in [-0.2, -0.15) is 0 Å². The molecule has 0 radical (unpaired) electrons. The maximum atomic E-state index is 11.8. The van der Waals surface area contributed by atoms with Crippen LogP contribution in [0.5, 0.6) is 0 Å². The second kappa shape index (κ2) is 6.54. The molecular formula is C13H17BrN2O2. The van der Waals surface area contributed by atoms with Gasteiger partial charge in [-0.05, 0) is 18.6 Å². The molecule has 2 amide bonds. The summed E-state index contributed by atoms with van der Waals surface area (Å²) in [6.07, 6.45) is 0.256. The molecule has 1 atom stereocenters. The zero-order chi connectivity index (χ0) is 13.7. The van der Waals surface area contributed by atoms with Crippen molar-refractivity contribution < 1.29 is 9.59 Å². The van der Waals surface area contributed by atoms with E-state index in [1.54, 1.807) is 21.0 Å². The second-order valence-corrected chi connectivity index (χ2v) is 5.14. The molecule has 5 heteroatoms. The minimum Gasteiger partial charge on any atom is -0.347 e. The highest BCUT2D eigenvalue weighted by molar-refractivity contribution is 9.10.